The second-order valence-corrected chi connectivity index (χ2v) is 3.09. The van der Waals surface area contributed by atoms with Crippen molar-refractivity contribution in [3.05, 3.63) is 0 Å². The van der Waals surface area contributed by atoms with Crippen LogP contribution in [-0.4, -0.2) is 24.4 Å². The van der Waals surface area contributed by atoms with Crippen molar-refractivity contribution >= 4 is 0 Å². The minimum Gasteiger partial charge on any atom is -0.393 e. The van der Waals surface area contributed by atoms with Crippen LogP contribution in [0.4, 0.5) is 0 Å². The van der Waals surface area contributed by atoms with Crippen LogP contribution in [0.3, 0.4) is 0 Å². The van der Waals surface area contributed by atoms with Crippen molar-refractivity contribution in [3.63, 3.8) is 0 Å². The summed E-state index contributed by atoms with van der Waals surface area (Å²) in [5.74, 6) is 1.29. The number of aliphatic hydroxyl groups is 1. The fourth-order valence-corrected chi connectivity index (χ4v) is 1.59. The summed E-state index contributed by atoms with van der Waals surface area (Å²) in [7, 11) is 0. The van der Waals surface area contributed by atoms with E-state index in [9.17, 15) is 5.11 Å². The average molecular weight is 128 g/mol. The summed E-state index contributed by atoms with van der Waals surface area (Å²) in [6.45, 7) is 1.65. The SMILES string of the molecule is O[C@@H]1CCOC[C@H]2C[C@@H]21. The molecule has 52 valence electrons. The van der Waals surface area contributed by atoms with Crippen LogP contribution < -0.4 is 0 Å². The molecule has 1 saturated carbocycles. The van der Waals surface area contributed by atoms with Crippen LogP contribution in [0.25, 0.3) is 0 Å². The molecule has 2 rings (SSSR count). The lowest BCUT2D eigenvalue weighted by molar-refractivity contribution is 0.0990. The summed E-state index contributed by atoms with van der Waals surface area (Å²) < 4.78 is 5.26. The Labute approximate surface area is 54.8 Å². The maximum atomic E-state index is 9.32. The molecule has 1 N–H and O–H groups in total. The second kappa shape index (κ2) is 1.96. The third kappa shape index (κ3) is 0.970. The molecule has 2 nitrogen and oxygen atoms in total. The lowest BCUT2D eigenvalue weighted by Gasteiger charge is -2.03. The molecule has 9 heavy (non-hydrogen) atoms. The summed E-state index contributed by atoms with van der Waals surface area (Å²) in [4.78, 5) is 0. The zero-order valence-electron chi connectivity index (χ0n) is 5.42. The van der Waals surface area contributed by atoms with Crippen molar-refractivity contribution in [3.8, 4) is 0 Å². The Morgan fingerprint density at radius 1 is 1.44 bits per heavy atom. The van der Waals surface area contributed by atoms with Crippen molar-refractivity contribution < 1.29 is 9.84 Å². The molecule has 0 bridgehead atoms. The van der Waals surface area contributed by atoms with Gasteiger partial charge in [-0.1, -0.05) is 0 Å². The van der Waals surface area contributed by atoms with E-state index < -0.39 is 0 Å². The van der Waals surface area contributed by atoms with Gasteiger partial charge in [-0.05, 0) is 24.7 Å². The van der Waals surface area contributed by atoms with Gasteiger partial charge >= 0.3 is 0 Å². The van der Waals surface area contributed by atoms with Gasteiger partial charge < -0.3 is 9.84 Å². The molecule has 1 aliphatic heterocycles. The van der Waals surface area contributed by atoms with E-state index in [0.29, 0.717) is 11.8 Å². The summed E-state index contributed by atoms with van der Waals surface area (Å²) in [6, 6.07) is 0. The lowest BCUT2D eigenvalue weighted by Crippen LogP contribution is -2.10. The Morgan fingerprint density at radius 3 is 3.22 bits per heavy atom. The van der Waals surface area contributed by atoms with E-state index in [1.807, 2.05) is 0 Å². The zero-order valence-corrected chi connectivity index (χ0v) is 5.42. The van der Waals surface area contributed by atoms with Gasteiger partial charge in [0.2, 0.25) is 0 Å². The van der Waals surface area contributed by atoms with E-state index in [2.05, 4.69) is 0 Å². The highest BCUT2D eigenvalue weighted by Crippen LogP contribution is 2.43. The van der Waals surface area contributed by atoms with Crippen LogP contribution in [0, 0.1) is 11.8 Å². The molecular weight excluding hydrogens is 116 g/mol. The summed E-state index contributed by atoms with van der Waals surface area (Å²) in [5.41, 5.74) is 0. The Balaban J connectivity index is 1.96. The molecule has 2 aliphatic rings. The van der Waals surface area contributed by atoms with Gasteiger partial charge in [0.15, 0.2) is 0 Å². The normalized spacial score (nSPS) is 49.7. The van der Waals surface area contributed by atoms with Crippen molar-refractivity contribution in [2.75, 3.05) is 13.2 Å². The molecule has 0 aromatic heterocycles. The van der Waals surface area contributed by atoms with Crippen LogP contribution in [0.2, 0.25) is 0 Å². The average Bonchev–Trinajstić information content (AvgIpc) is 2.55. The largest absolute Gasteiger partial charge is 0.393 e. The molecule has 0 spiro atoms. The monoisotopic (exact) mass is 128 g/mol. The summed E-state index contributed by atoms with van der Waals surface area (Å²) >= 11 is 0. The first kappa shape index (κ1) is 5.69. The Hall–Kier alpha value is -0.0800. The highest BCUT2D eigenvalue weighted by atomic mass is 16.5. The number of fused-ring (bicyclic) bond motifs is 1. The first-order valence-electron chi connectivity index (χ1n) is 3.64. The zero-order chi connectivity index (χ0) is 6.27. The minimum absolute atomic E-state index is 0.0579. The molecule has 1 heterocycles. The molecule has 0 aromatic rings. The number of hydrogen-bond donors (Lipinski definition) is 1. The van der Waals surface area contributed by atoms with Gasteiger partial charge in [-0.25, -0.2) is 0 Å². The van der Waals surface area contributed by atoms with Crippen molar-refractivity contribution in [1.82, 2.24) is 0 Å². The maximum Gasteiger partial charge on any atom is 0.0593 e. The van der Waals surface area contributed by atoms with E-state index in [4.69, 9.17) is 4.74 Å². The number of hydrogen-bond acceptors (Lipinski definition) is 2. The Morgan fingerprint density at radius 2 is 2.33 bits per heavy atom. The molecule has 0 radical (unpaired) electrons. The molecule has 2 heteroatoms. The van der Waals surface area contributed by atoms with Gasteiger partial charge in [0.25, 0.3) is 0 Å². The molecule has 0 amide bonds. The van der Waals surface area contributed by atoms with E-state index in [1.165, 1.54) is 6.42 Å². The van der Waals surface area contributed by atoms with Crippen LogP contribution >= 0.6 is 0 Å². The van der Waals surface area contributed by atoms with E-state index in [1.54, 1.807) is 0 Å². The first-order chi connectivity index (χ1) is 4.38. The second-order valence-electron chi connectivity index (χ2n) is 3.09. The molecule has 2 fully saturated rings. The van der Waals surface area contributed by atoms with Gasteiger partial charge in [-0.2, -0.15) is 0 Å². The van der Waals surface area contributed by atoms with Crippen LogP contribution in [-0.2, 0) is 4.74 Å². The summed E-state index contributed by atoms with van der Waals surface area (Å²) in [6.07, 6.45) is 1.99. The van der Waals surface area contributed by atoms with Gasteiger partial charge in [-0.15, -0.1) is 0 Å². The van der Waals surface area contributed by atoms with E-state index in [-0.39, 0.29) is 6.10 Å². The van der Waals surface area contributed by atoms with Crippen LogP contribution in [0.1, 0.15) is 12.8 Å². The standard InChI is InChI=1S/C7H12O2/c8-7-1-2-9-4-5-3-6(5)7/h5-8H,1-4H2/t5-,6+,7-/m1/s1. The lowest BCUT2D eigenvalue weighted by atomic mass is 10.1. The number of aliphatic hydroxyl groups excluding tert-OH is 1. The van der Waals surface area contributed by atoms with Crippen molar-refractivity contribution in [1.29, 1.82) is 0 Å². The first-order valence-corrected chi connectivity index (χ1v) is 3.64. The Bertz CT molecular complexity index is 113. The molecule has 0 aromatic carbocycles. The molecule has 3 atom stereocenters. The fraction of sp³-hybridized carbons (Fsp3) is 1.00. The molecule has 1 saturated heterocycles. The highest BCUT2D eigenvalue weighted by molar-refractivity contribution is 4.92. The third-order valence-corrected chi connectivity index (χ3v) is 2.36. The summed E-state index contributed by atoms with van der Waals surface area (Å²) in [5, 5.41) is 9.32. The smallest absolute Gasteiger partial charge is 0.0593 e. The van der Waals surface area contributed by atoms with Gasteiger partial charge in [0.05, 0.1) is 6.10 Å². The maximum absolute atomic E-state index is 9.32. The predicted molar refractivity (Wildman–Crippen MR) is 33.0 cm³/mol. The van der Waals surface area contributed by atoms with Crippen molar-refractivity contribution in [2.24, 2.45) is 11.8 Å². The van der Waals surface area contributed by atoms with Gasteiger partial charge in [0.1, 0.15) is 0 Å². The third-order valence-electron chi connectivity index (χ3n) is 2.36. The quantitative estimate of drug-likeness (QED) is 0.512. The Kier molecular flexibility index (Phi) is 1.24. The molecule has 1 aliphatic carbocycles. The predicted octanol–water partition coefficient (Wildman–Crippen LogP) is 0.404. The van der Waals surface area contributed by atoms with Crippen molar-refractivity contribution in [2.45, 2.75) is 18.9 Å². The van der Waals surface area contributed by atoms with E-state index in [0.717, 1.165) is 19.6 Å². The van der Waals surface area contributed by atoms with Gasteiger partial charge in [0, 0.05) is 13.2 Å². The molecular formula is C7H12O2. The number of ether oxygens (including phenoxy) is 1. The molecule has 0 unspecified atom stereocenters. The van der Waals surface area contributed by atoms with Gasteiger partial charge in [-0.3, -0.25) is 0 Å². The highest BCUT2D eigenvalue weighted by Gasteiger charge is 2.43. The number of rotatable bonds is 0. The van der Waals surface area contributed by atoms with E-state index >= 15 is 0 Å². The fourth-order valence-electron chi connectivity index (χ4n) is 1.59. The topological polar surface area (TPSA) is 29.5 Å². The minimum atomic E-state index is -0.0579. The van der Waals surface area contributed by atoms with Crippen LogP contribution in [0.15, 0.2) is 0 Å². The van der Waals surface area contributed by atoms with Crippen LogP contribution in [0.5, 0.6) is 0 Å².